The Kier molecular flexibility index (Phi) is 8.11. The molecule has 1 amide bonds. The van der Waals surface area contributed by atoms with E-state index in [1.807, 2.05) is 24.3 Å². The summed E-state index contributed by atoms with van der Waals surface area (Å²) >= 11 is 0. The number of fused-ring (bicyclic) bond motifs is 1. The van der Waals surface area contributed by atoms with Gasteiger partial charge in [0.15, 0.2) is 0 Å². The molecule has 3 aromatic carbocycles. The number of rotatable bonds is 9. The number of hydrogen-bond acceptors (Lipinski definition) is 8. The topological polar surface area (TPSA) is 114 Å². The molecule has 0 spiro atoms. The van der Waals surface area contributed by atoms with Gasteiger partial charge in [-0.25, -0.2) is 17.8 Å². The summed E-state index contributed by atoms with van der Waals surface area (Å²) in [5.41, 5.74) is 1.53. The summed E-state index contributed by atoms with van der Waals surface area (Å²) in [6, 6.07) is 16.9. The molecule has 0 radical (unpaired) electrons. The minimum Gasteiger partial charge on any atom is -0.438 e. The van der Waals surface area contributed by atoms with Crippen molar-refractivity contribution < 1.29 is 22.3 Å². The molecule has 11 heteroatoms. The van der Waals surface area contributed by atoms with Crippen molar-refractivity contribution >= 4 is 43.8 Å². The first kappa shape index (κ1) is 27.3. The number of nitrogens with zero attached hydrogens (tertiary/aromatic N) is 3. The first-order chi connectivity index (χ1) is 19.2. The van der Waals surface area contributed by atoms with Gasteiger partial charge >= 0.3 is 0 Å². The van der Waals surface area contributed by atoms with Crippen molar-refractivity contribution in [1.29, 1.82) is 0 Å². The fourth-order valence-electron chi connectivity index (χ4n) is 4.65. The number of benzene rings is 3. The largest absolute Gasteiger partial charge is 0.438 e. The Morgan fingerprint density at radius 1 is 1.02 bits per heavy atom. The van der Waals surface area contributed by atoms with E-state index in [2.05, 4.69) is 25.5 Å². The highest BCUT2D eigenvalue weighted by molar-refractivity contribution is 7.90. The van der Waals surface area contributed by atoms with Crippen molar-refractivity contribution in [2.45, 2.75) is 19.3 Å². The van der Waals surface area contributed by atoms with Gasteiger partial charge in [-0.15, -0.1) is 0 Å². The average Bonchev–Trinajstić information content (AvgIpc) is 2.94. The zero-order chi connectivity index (χ0) is 28.1. The zero-order valence-corrected chi connectivity index (χ0v) is 22.9. The van der Waals surface area contributed by atoms with Gasteiger partial charge in [-0.3, -0.25) is 4.79 Å². The van der Waals surface area contributed by atoms with Crippen LogP contribution in [-0.2, 0) is 9.84 Å². The Bertz CT molecular complexity index is 1640. The quantitative estimate of drug-likeness (QED) is 0.284. The maximum absolute atomic E-state index is 14.5. The molecule has 2 heterocycles. The number of hydrogen-bond donors (Lipinski definition) is 2. The highest BCUT2D eigenvalue weighted by atomic mass is 32.2. The summed E-state index contributed by atoms with van der Waals surface area (Å²) in [5.74, 6) is 0.118. The van der Waals surface area contributed by atoms with Crippen LogP contribution in [0.15, 0.2) is 66.9 Å². The standard InChI is InChI=1S/C29H30FN5O4S/c1-40(37,38)16-13-32-29-31-12-11-27(34-29)39-26-10-9-25(23-7-3-4-8-24(23)26)33-28(36)20-17-21(30)19-22(18-20)35-14-5-2-6-15-35/h3-4,7-12,17-19H,2,5-6,13-16H2,1H3,(H,33,36)(H,31,32,34). The number of piperidine rings is 1. The normalized spacial score (nSPS) is 13.7. The zero-order valence-electron chi connectivity index (χ0n) is 22.1. The Balaban J connectivity index is 1.35. The molecule has 2 N–H and O–H groups in total. The molecule has 4 aromatic rings. The van der Waals surface area contributed by atoms with E-state index in [0.29, 0.717) is 17.1 Å². The fraction of sp³-hybridized carbons (Fsp3) is 0.276. The lowest BCUT2D eigenvalue weighted by Gasteiger charge is -2.29. The molecule has 9 nitrogen and oxygen atoms in total. The lowest BCUT2D eigenvalue weighted by molar-refractivity contribution is 0.102. The number of carbonyl (C=O) groups excluding carboxylic acids is 1. The first-order valence-electron chi connectivity index (χ1n) is 13.1. The second-order valence-electron chi connectivity index (χ2n) is 9.73. The predicted molar refractivity (Wildman–Crippen MR) is 155 cm³/mol. The second kappa shape index (κ2) is 11.9. The predicted octanol–water partition coefficient (Wildman–Crippen LogP) is 5.26. The maximum Gasteiger partial charge on any atom is 0.255 e. The smallest absolute Gasteiger partial charge is 0.255 e. The molecule has 0 atom stereocenters. The van der Waals surface area contributed by atoms with Crippen LogP contribution < -0.4 is 20.3 Å². The van der Waals surface area contributed by atoms with Crippen LogP contribution in [0.25, 0.3) is 10.8 Å². The number of halogens is 1. The Morgan fingerprint density at radius 2 is 1.80 bits per heavy atom. The van der Waals surface area contributed by atoms with Gasteiger partial charge in [0.25, 0.3) is 5.91 Å². The third-order valence-electron chi connectivity index (χ3n) is 6.60. The number of sulfone groups is 1. The van der Waals surface area contributed by atoms with Crippen LogP contribution in [0.4, 0.5) is 21.7 Å². The summed E-state index contributed by atoms with van der Waals surface area (Å²) in [4.78, 5) is 23.8. The molecular formula is C29H30FN5O4S. The number of anilines is 3. The van der Waals surface area contributed by atoms with Crippen molar-refractivity contribution in [3.05, 3.63) is 78.2 Å². The molecule has 5 rings (SSSR count). The number of nitrogens with one attached hydrogen (secondary N) is 2. The van der Waals surface area contributed by atoms with E-state index in [1.165, 1.54) is 18.3 Å². The molecule has 0 aliphatic carbocycles. The molecule has 1 aliphatic heterocycles. The maximum atomic E-state index is 14.5. The van der Waals surface area contributed by atoms with Gasteiger partial charge in [0.05, 0.1) is 5.75 Å². The van der Waals surface area contributed by atoms with Crippen LogP contribution in [0, 0.1) is 5.82 Å². The minimum atomic E-state index is -3.12. The molecule has 1 saturated heterocycles. The average molecular weight is 564 g/mol. The molecule has 1 aliphatic rings. The van der Waals surface area contributed by atoms with Gasteiger partial charge in [0.2, 0.25) is 11.8 Å². The molecular weight excluding hydrogens is 533 g/mol. The molecule has 1 aromatic heterocycles. The van der Waals surface area contributed by atoms with Crippen LogP contribution in [0.1, 0.15) is 29.6 Å². The number of aromatic nitrogens is 2. The van der Waals surface area contributed by atoms with Crippen LogP contribution in [-0.4, -0.2) is 55.9 Å². The van der Waals surface area contributed by atoms with E-state index in [4.69, 9.17) is 4.74 Å². The third-order valence-corrected chi connectivity index (χ3v) is 7.54. The third kappa shape index (κ3) is 6.84. The summed E-state index contributed by atoms with van der Waals surface area (Å²) < 4.78 is 43.3. The van der Waals surface area contributed by atoms with Gasteiger partial charge in [-0.2, -0.15) is 4.98 Å². The van der Waals surface area contributed by atoms with E-state index in [1.54, 1.807) is 24.3 Å². The molecule has 0 saturated carbocycles. The molecule has 1 fully saturated rings. The van der Waals surface area contributed by atoms with Crippen LogP contribution >= 0.6 is 0 Å². The van der Waals surface area contributed by atoms with Gasteiger partial charge in [0.1, 0.15) is 21.4 Å². The van der Waals surface area contributed by atoms with E-state index in [-0.39, 0.29) is 29.7 Å². The highest BCUT2D eigenvalue weighted by Crippen LogP contribution is 2.34. The summed E-state index contributed by atoms with van der Waals surface area (Å²) in [7, 11) is -3.12. The van der Waals surface area contributed by atoms with Crippen molar-refractivity contribution in [3.8, 4) is 11.6 Å². The monoisotopic (exact) mass is 563 g/mol. The molecule has 0 unspecified atom stereocenters. The highest BCUT2D eigenvalue weighted by Gasteiger charge is 2.17. The van der Waals surface area contributed by atoms with Gasteiger partial charge in [-0.05, 0) is 49.6 Å². The number of ether oxygens (including phenoxy) is 1. The molecule has 0 bridgehead atoms. The lowest BCUT2D eigenvalue weighted by atomic mass is 10.1. The van der Waals surface area contributed by atoms with E-state index in [9.17, 15) is 17.6 Å². The number of amides is 1. The van der Waals surface area contributed by atoms with Gasteiger partial charge in [-0.1, -0.05) is 24.3 Å². The van der Waals surface area contributed by atoms with Gasteiger partial charge in [0, 0.05) is 65.9 Å². The van der Waals surface area contributed by atoms with Crippen molar-refractivity contribution in [2.24, 2.45) is 0 Å². The van der Waals surface area contributed by atoms with E-state index in [0.717, 1.165) is 49.4 Å². The summed E-state index contributed by atoms with van der Waals surface area (Å²) in [6.45, 7) is 1.87. The summed E-state index contributed by atoms with van der Waals surface area (Å²) in [6.07, 6.45) is 5.94. The van der Waals surface area contributed by atoms with Crippen molar-refractivity contribution in [1.82, 2.24) is 9.97 Å². The molecule has 208 valence electrons. The Hall–Kier alpha value is -4.25. The van der Waals surface area contributed by atoms with Crippen molar-refractivity contribution in [2.75, 3.05) is 47.2 Å². The Labute approximate surface area is 232 Å². The fourth-order valence-corrected chi connectivity index (χ4v) is 5.12. The minimum absolute atomic E-state index is 0.0472. The Morgan fingerprint density at radius 3 is 2.58 bits per heavy atom. The number of carbonyl (C=O) groups is 1. The first-order valence-corrected chi connectivity index (χ1v) is 15.1. The van der Waals surface area contributed by atoms with E-state index >= 15 is 0 Å². The second-order valence-corrected chi connectivity index (χ2v) is 12.0. The summed E-state index contributed by atoms with van der Waals surface area (Å²) in [5, 5.41) is 7.28. The van der Waals surface area contributed by atoms with Crippen LogP contribution in [0.3, 0.4) is 0 Å². The SMILES string of the molecule is CS(=O)(=O)CCNc1nccc(Oc2ccc(NC(=O)c3cc(F)cc(N4CCCCC4)c3)c3ccccc23)n1. The van der Waals surface area contributed by atoms with Crippen molar-refractivity contribution in [3.63, 3.8) is 0 Å². The van der Waals surface area contributed by atoms with Crippen LogP contribution in [0.5, 0.6) is 11.6 Å². The van der Waals surface area contributed by atoms with E-state index < -0.39 is 21.6 Å². The van der Waals surface area contributed by atoms with Crippen LogP contribution in [0.2, 0.25) is 0 Å². The molecule has 40 heavy (non-hydrogen) atoms. The lowest BCUT2D eigenvalue weighted by Crippen LogP contribution is -2.29. The van der Waals surface area contributed by atoms with Gasteiger partial charge < -0.3 is 20.3 Å².